The van der Waals surface area contributed by atoms with Crippen LogP contribution in [0.3, 0.4) is 0 Å². The third kappa shape index (κ3) is 5.99. The topological polar surface area (TPSA) is 93.9 Å². The average Bonchev–Trinajstić information content (AvgIpc) is 2.62. The maximum absolute atomic E-state index is 11.8. The lowest BCUT2D eigenvalue weighted by Crippen LogP contribution is -2.30. The molecule has 0 fully saturated rings. The second-order valence-electron chi connectivity index (χ2n) is 5.41. The lowest BCUT2D eigenvalue weighted by atomic mass is 10.1. The van der Waals surface area contributed by atoms with Crippen LogP contribution in [0, 0.1) is 10.1 Å². The number of nitrogens with one attached hydrogen (secondary N) is 1. The largest absolute Gasteiger partial charge is 0.474 e. The first-order valence-electron chi connectivity index (χ1n) is 7.72. The molecule has 0 saturated heterocycles. The number of urea groups is 1. The first-order valence-corrected chi connectivity index (χ1v) is 8.54. The highest BCUT2D eigenvalue weighted by atomic mass is 35.5. The Bertz CT molecular complexity index is 834. The van der Waals surface area contributed by atoms with Crippen molar-refractivity contribution in [3.05, 3.63) is 63.2 Å². The Kier molecular flexibility index (Phi) is 7.23. The van der Waals surface area contributed by atoms with E-state index in [2.05, 4.69) is 5.32 Å². The number of ether oxygens (including phenoxy) is 1. The van der Waals surface area contributed by atoms with Crippen molar-refractivity contribution in [3.63, 3.8) is 0 Å². The van der Waals surface area contributed by atoms with Gasteiger partial charge < -0.3 is 10.1 Å². The van der Waals surface area contributed by atoms with Gasteiger partial charge in [0.05, 0.1) is 12.0 Å². The van der Waals surface area contributed by atoms with Crippen LogP contribution in [0.1, 0.15) is 5.56 Å². The number of nitro benzene ring substituents is 1. The number of hydrogen-bond donors (Lipinski definition) is 1. The van der Waals surface area contributed by atoms with Crippen molar-refractivity contribution in [2.45, 2.75) is 12.0 Å². The van der Waals surface area contributed by atoms with Crippen molar-refractivity contribution in [1.82, 2.24) is 5.06 Å². The number of rotatable bonds is 7. The van der Waals surface area contributed by atoms with Crippen LogP contribution in [0.5, 0.6) is 5.75 Å². The van der Waals surface area contributed by atoms with Crippen LogP contribution in [-0.2, 0) is 11.3 Å². The van der Waals surface area contributed by atoms with E-state index in [4.69, 9.17) is 32.8 Å². The Morgan fingerprint density at radius 3 is 2.74 bits per heavy atom. The maximum Gasteiger partial charge on any atom is 0.345 e. The van der Waals surface area contributed by atoms with Gasteiger partial charge in [0.15, 0.2) is 5.56 Å². The number of amides is 2. The molecular formula is C17H17Cl2N3O5. The van der Waals surface area contributed by atoms with Crippen molar-refractivity contribution < 1.29 is 19.3 Å². The standard InChI is InChI=1S/C17H17Cl2N3O5/c1-21(26-2)17(23)20-12-4-3-5-13(10-12)27-16(19)9-11-6-7-14(18)15(8-11)22(24)25/h3-8,10,16H,9H2,1-2H3,(H,20,23). The minimum absolute atomic E-state index is 0.0558. The summed E-state index contributed by atoms with van der Waals surface area (Å²) in [5, 5.41) is 14.7. The number of benzene rings is 2. The van der Waals surface area contributed by atoms with Gasteiger partial charge in [-0.25, -0.2) is 9.86 Å². The van der Waals surface area contributed by atoms with E-state index >= 15 is 0 Å². The normalized spacial score (nSPS) is 11.6. The van der Waals surface area contributed by atoms with Gasteiger partial charge in [-0.05, 0) is 23.8 Å². The van der Waals surface area contributed by atoms with Crippen molar-refractivity contribution in [1.29, 1.82) is 0 Å². The smallest absolute Gasteiger partial charge is 0.345 e. The number of hydroxylamine groups is 2. The second-order valence-corrected chi connectivity index (χ2v) is 6.31. The highest BCUT2D eigenvalue weighted by Gasteiger charge is 2.16. The number of hydrogen-bond acceptors (Lipinski definition) is 5. The van der Waals surface area contributed by atoms with Crippen LogP contribution in [0.4, 0.5) is 16.2 Å². The minimum atomic E-state index is -0.779. The third-order valence-electron chi connectivity index (χ3n) is 3.51. The van der Waals surface area contributed by atoms with Gasteiger partial charge in [0, 0.05) is 31.3 Å². The van der Waals surface area contributed by atoms with Gasteiger partial charge in [0.2, 0.25) is 0 Å². The highest BCUT2D eigenvalue weighted by Crippen LogP contribution is 2.27. The van der Waals surface area contributed by atoms with E-state index in [1.807, 2.05) is 0 Å². The molecule has 1 unspecified atom stereocenters. The number of alkyl halides is 1. The third-order valence-corrected chi connectivity index (χ3v) is 4.08. The van der Waals surface area contributed by atoms with E-state index < -0.39 is 16.5 Å². The molecule has 2 rings (SSSR count). The van der Waals surface area contributed by atoms with E-state index in [0.29, 0.717) is 17.0 Å². The number of nitrogens with zero attached hydrogens (tertiary/aromatic N) is 2. The lowest BCUT2D eigenvalue weighted by Gasteiger charge is -2.16. The molecule has 0 aliphatic heterocycles. The summed E-state index contributed by atoms with van der Waals surface area (Å²) in [6, 6.07) is 10.6. The Morgan fingerprint density at radius 1 is 1.33 bits per heavy atom. The van der Waals surface area contributed by atoms with Gasteiger partial charge >= 0.3 is 6.03 Å². The quantitative estimate of drug-likeness (QED) is 0.410. The lowest BCUT2D eigenvalue weighted by molar-refractivity contribution is -0.384. The summed E-state index contributed by atoms with van der Waals surface area (Å²) in [7, 11) is 2.84. The Morgan fingerprint density at radius 2 is 2.07 bits per heavy atom. The van der Waals surface area contributed by atoms with E-state index in [1.165, 1.54) is 26.3 Å². The zero-order valence-corrected chi connectivity index (χ0v) is 16.0. The van der Waals surface area contributed by atoms with E-state index in [-0.39, 0.29) is 17.1 Å². The molecule has 2 aromatic carbocycles. The maximum atomic E-state index is 11.8. The molecule has 0 saturated carbocycles. The number of carbonyl (C=O) groups is 1. The molecule has 8 nitrogen and oxygen atoms in total. The van der Waals surface area contributed by atoms with Crippen LogP contribution >= 0.6 is 23.2 Å². The van der Waals surface area contributed by atoms with E-state index in [1.54, 1.807) is 30.3 Å². The molecule has 2 amide bonds. The Labute approximate surface area is 165 Å². The molecule has 0 heterocycles. The summed E-state index contributed by atoms with van der Waals surface area (Å²) >= 11 is 12.0. The van der Waals surface area contributed by atoms with Gasteiger partial charge in [-0.3, -0.25) is 15.0 Å². The number of halogens is 2. The molecule has 10 heteroatoms. The predicted molar refractivity (Wildman–Crippen MR) is 102 cm³/mol. The van der Waals surface area contributed by atoms with Crippen LogP contribution in [0.25, 0.3) is 0 Å². The molecule has 0 radical (unpaired) electrons. The van der Waals surface area contributed by atoms with Crippen molar-refractivity contribution in [2.75, 3.05) is 19.5 Å². The zero-order valence-electron chi connectivity index (χ0n) is 14.5. The molecule has 0 spiro atoms. The molecule has 2 aromatic rings. The Balaban J connectivity index is 2.03. The van der Waals surface area contributed by atoms with Crippen molar-refractivity contribution in [3.8, 4) is 5.75 Å². The van der Waals surface area contributed by atoms with Crippen LogP contribution in [-0.4, -0.2) is 35.7 Å². The van der Waals surface area contributed by atoms with Gasteiger partial charge in [-0.1, -0.05) is 35.3 Å². The second kappa shape index (κ2) is 9.40. The molecule has 1 N–H and O–H groups in total. The first kappa shape index (κ1) is 20.8. The number of carbonyl (C=O) groups excluding carboxylic acids is 1. The van der Waals surface area contributed by atoms with Crippen molar-refractivity contribution in [2.24, 2.45) is 0 Å². The summed E-state index contributed by atoms with van der Waals surface area (Å²) in [5.41, 5.74) is 0.132. The van der Waals surface area contributed by atoms with Crippen LogP contribution < -0.4 is 10.1 Å². The van der Waals surface area contributed by atoms with Crippen LogP contribution in [0.2, 0.25) is 5.02 Å². The molecule has 144 valence electrons. The average molecular weight is 414 g/mol. The van der Waals surface area contributed by atoms with E-state index in [0.717, 1.165) is 5.06 Å². The summed E-state index contributed by atoms with van der Waals surface area (Å²) in [4.78, 5) is 27.0. The number of nitro groups is 1. The Hall–Kier alpha value is -2.55. The molecule has 1 atom stereocenters. The highest BCUT2D eigenvalue weighted by molar-refractivity contribution is 6.32. The molecule has 0 aromatic heterocycles. The molecule has 0 aliphatic rings. The molecule has 27 heavy (non-hydrogen) atoms. The molecular weight excluding hydrogens is 397 g/mol. The fourth-order valence-corrected chi connectivity index (χ4v) is 2.60. The van der Waals surface area contributed by atoms with Gasteiger partial charge in [0.25, 0.3) is 5.69 Å². The summed E-state index contributed by atoms with van der Waals surface area (Å²) in [6.45, 7) is 0. The summed E-state index contributed by atoms with van der Waals surface area (Å²) < 4.78 is 5.62. The SMILES string of the molecule is CON(C)C(=O)Nc1cccc(OC(Cl)Cc2ccc(Cl)c([N+](=O)[O-])c2)c1. The number of anilines is 1. The monoisotopic (exact) mass is 413 g/mol. The zero-order chi connectivity index (χ0) is 20.0. The fourth-order valence-electron chi connectivity index (χ4n) is 2.13. The summed E-state index contributed by atoms with van der Waals surface area (Å²) in [5.74, 6) is 0.427. The van der Waals surface area contributed by atoms with Gasteiger partial charge in [-0.2, -0.15) is 0 Å². The van der Waals surface area contributed by atoms with Crippen LogP contribution in [0.15, 0.2) is 42.5 Å². The van der Waals surface area contributed by atoms with E-state index in [9.17, 15) is 14.9 Å². The van der Waals surface area contributed by atoms with Gasteiger partial charge in [0.1, 0.15) is 10.8 Å². The molecule has 0 bridgehead atoms. The predicted octanol–water partition coefficient (Wildman–Crippen LogP) is 4.46. The first-order chi connectivity index (χ1) is 12.8. The summed E-state index contributed by atoms with van der Waals surface area (Å²) in [6.07, 6.45) is 0.225. The molecule has 0 aliphatic carbocycles. The minimum Gasteiger partial charge on any atom is -0.474 e. The van der Waals surface area contributed by atoms with Crippen molar-refractivity contribution >= 4 is 40.6 Å². The fraction of sp³-hybridized carbons (Fsp3) is 0.235. The van der Waals surface area contributed by atoms with Gasteiger partial charge in [-0.15, -0.1) is 0 Å².